The number of nitrogens with one attached hydrogen (secondary N) is 1. The lowest BCUT2D eigenvalue weighted by Gasteiger charge is -2.26. The Morgan fingerprint density at radius 2 is 2.21 bits per heavy atom. The summed E-state index contributed by atoms with van der Waals surface area (Å²) in [4.78, 5) is 4.43. The Bertz CT molecular complexity index is 463. The summed E-state index contributed by atoms with van der Waals surface area (Å²) in [5.41, 5.74) is 0.941. The van der Waals surface area contributed by atoms with Crippen molar-refractivity contribution >= 4 is 23.2 Å². The van der Waals surface area contributed by atoms with E-state index in [1.165, 1.54) is 25.7 Å². The molecule has 2 bridgehead atoms. The lowest BCUT2D eigenvalue weighted by Crippen LogP contribution is -2.23. The van der Waals surface area contributed by atoms with Crippen LogP contribution in [0.5, 0.6) is 0 Å². The van der Waals surface area contributed by atoms with Crippen molar-refractivity contribution in [1.82, 2.24) is 10.3 Å². The summed E-state index contributed by atoms with van der Waals surface area (Å²) in [5, 5.41) is 4.65. The van der Waals surface area contributed by atoms with Gasteiger partial charge in [-0.15, -0.1) is 0 Å². The van der Waals surface area contributed by atoms with Crippen molar-refractivity contribution in [2.75, 3.05) is 7.05 Å². The Balaban J connectivity index is 1.73. The van der Waals surface area contributed by atoms with Crippen LogP contribution in [0.3, 0.4) is 0 Å². The Morgan fingerprint density at radius 1 is 1.37 bits per heavy atom. The fourth-order valence-electron chi connectivity index (χ4n) is 4.02. The second-order valence-corrected chi connectivity index (χ2v) is 6.88. The molecule has 4 heteroatoms. The third-order valence-electron chi connectivity index (χ3n) is 4.94. The smallest absolute Gasteiger partial charge is 0.0760 e. The Labute approximate surface area is 124 Å². The fraction of sp³-hybridized carbons (Fsp3) is 0.667. The summed E-state index contributed by atoms with van der Waals surface area (Å²) in [7, 11) is 1.99. The molecular formula is C15H20Cl2N2. The van der Waals surface area contributed by atoms with Crippen LogP contribution < -0.4 is 5.32 Å². The highest BCUT2D eigenvalue weighted by atomic mass is 35.5. The van der Waals surface area contributed by atoms with Crippen LogP contribution in [0, 0.1) is 17.8 Å². The third kappa shape index (κ3) is 2.76. The van der Waals surface area contributed by atoms with Gasteiger partial charge in [0.1, 0.15) is 0 Å². The van der Waals surface area contributed by atoms with Crippen LogP contribution in [-0.2, 0) is 0 Å². The first-order chi connectivity index (χ1) is 9.17. The lowest BCUT2D eigenvalue weighted by molar-refractivity contribution is 0.282. The van der Waals surface area contributed by atoms with Crippen LogP contribution in [0.2, 0.25) is 10.0 Å². The molecule has 0 spiro atoms. The van der Waals surface area contributed by atoms with Crippen LogP contribution in [0.25, 0.3) is 0 Å². The van der Waals surface area contributed by atoms with Gasteiger partial charge in [-0.1, -0.05) is 29.6 Å². The minimum atomic E-state index is 0.245. The standard InChI is InChI=1S/C15H20Cl2N2/c1-18-14(15-13(17)7-12(16)8-19-15)6-11-5-9-2-3-10(11)4-9/h7-11,14,18H,2-6H2,1H3. The van der Waals surface area contributed by atoms with E-state index in [4.69, 9.17) is 23.2 Å². The molecule has 19 heavy (non-hydrogen) atoms. The van der Waals surface area contributed by atoms with E-state index in [0.717, 1.165) is 29.9 Å². The van der Waals surface area contributed by atoms with Crippen molar-refractivity contribution < 1.29 is 0 Å². The summed E-state index contributed by atoms with van der Waals surface area (Å²) < 4.78 is 0. The molecular weight excluding hydrogens is 279 g/mol. The first-order valence-corrected chi connectivity index (χ1v) is 7.91. The van der Waals surface area contributed by atoms with Crippen LogP contribution in [0.4, 0.5) is 0 Å². The van der Waals surface area contributed by atoms with E-state index in [1.54, 1.807) is 12.3 Å². The van der Waals surface area contributed by atoms with E-state index in [-0.39, 0.29) is 6.04 Å². The maximum atomic E-state index is 6.28. The number of aromatic nitrogens is 1. The molecule has 2 saturated carbocycles. The molecule has 2 nitrogen and oxygen atoms in total. The summed E-state index contributed by atoms with van der Waals surface area (Å²) >= 11 is 12.2. The second kappa shape index (κ2) is 5.59. The molecule has 4 unspecified atom stereocenters. The quantitative estimate of drug-likeness (QED) is 0.887. The molecule has 3 rings (SSSR count). The molecule has 0 aliphatic heterocycles. The molecule has 4 atom stereocenters. The van der Waals surface area contributed by atoms with Crippen LogP contribution in [-0.4, -0.2) is 12.0 Å². The predicted octanol–water partition coefficient (Wildman–Crippen LogP) is 4.48. The van der Waals surface area contributed by atoms with Gasteiger partial charge >= 0.3 is 0 Å². The van der Waals surface area contributed by atoms with Gasteiger partial charge in [0.15, 0.2) is 0 Å². The van der Waals surface area contributed by atoms with E-state index < -0.39 is 0 Å². The first kappa shape index (κ1) is 13.7. The van der Waals surface area contributed by atoms with Gasteiger partial charge in [0.05, 0.1) is 21.8 Å². The molecule has 0 radical (unpaired) electrons. The van der Waals surface area contributed by atoms with Gasteiger partial charge in [0.2, 0.25) is 0 Å². The molecule has 1 aromatic rings. The van der Waals surface area contributed by atoms with Crippen molar-refractivity contribution in [1.29, 1.82) is 0 Å². The number of halogens is 2. The molecule has 2 aliphatic carbocycles. The Kier molecular flexibility index (Phi) is 4.02. The molecule has 1 N–H and O–H groups in total. The zero-order valence-corrected chi connectivity index (χ0v) is 12.7. The predicted molar refractivity (Wildman–Crippen MR) is 79.6 cm³/mol. The van der Waals surface area contributed by atoms with Crippen molar-refractivity contribution in [2.24, 2.45) is 17.8 Å². The van der Waals surface area contributed by atoms with Crippen molar-refractivity contribution in [3.63, 3.8) is 0 Å². The molecule has 1 aromatic heterocycles. The zero-order valence-electron chi connectivity index (χ0n) is 11.2. The highest BCUT2D eigenvalue weighted by Gasteiger charge is 2.40. The van der Waals surface area contributed by atoms with E-state index in [2.05, 4.69) is 10.3 Å². The van der Waals surface area contributed by atoms with E-state index in [9.17, 15) is 0 Å². The molecule has 104 valence electrons. The average molecular weight is 299 g/mol. The Morgan fingerprint density at radius 3 is 2.79 bits per heavy atom. The monoisotopic (exact) mass is 298 g/mol. The number of nitrogens with zero attached hydrogens (tertiary/aromatic N) is 1. The van der Waals surface area contributed by atoms with Crippen molar-refractivity contribution in [2.45, 2.75) is 38.1 Å². The summed E-state index contributed by atoms with van der Waals surface area (Å²) in [5.74, 6) is 2.76. The summed E-state index contributed by atoms with van der Waals surface area (Å²) in [6, 6.07) is 2.03. The molecule has 2 fully saturated rings. The number of hydrogen-bond acceptors (Lipinski definition) is 2. The van der Waals surface area contributed by atoms with Gasteiger partial charge in [0.25, 0.3) is 0 Å². The maximum absolute atomic E-state index is 6.28. The largest absolute Gasteiger partial charge is 0.312 e. The van der Waals surface area contributed by atoms with Crippen LogP contribution in [0.15, 0.2) is 12.3 Å². The Hall–Kier alpha value is -0.310. The van der Waals surface area contributed by atoms with Gasteiger partial charge in [-0.3, -0.25) is 4.98 Å². The number of rotatable bonds is 4. The summed E-state index contributed by atoms with van der Waals surface area (Å²) in [6.45, 7) is 0. The SMILES string of the molecule is CNC(CC1CC2CCC1C2)c1ncc(Cl)cc1Cl. The second-order valence-electron chi connectivity index (χ2n) is 6.03. The topological polar surface area (TPSA) is 24.9 Å². The number of hydrogen-bond donors (Lipinski definition) is 1. The highest BCUT2D eigenvalue weighted by molar-refractivity contribution is 6.34. The molecule has 0 saturated heterocycles. The van der Waals surface area contributed by atoms with Gasteiger partial charge < -0.3 is 5.32 Å². The first-order valence-electron chi connectivity index (χ1n) is 7.15. The minimum absolute atomic E-state index is 0.245. The summed E-state index contributed by atoms with van der Waals surface area (Å²) in [6.07, 6.45) is 8.55. The average Bonchev–Trinajstić information content (AvgIpc) is 2.99. The zero-order chi connectivity index (χ0) is 13.4. The van der Waals surface area contributed by atoms with Crippen molar-refractivity contribution in [3.8, 4) is 0 Å². The van der Waals surface area contributed by atoms with E-state index in [1.807, 2.05) is 7.05 Å². The molecule has 0 amide bonds. The van der Waals surface area contributed by atoms with E-state index in [0.29, 0.717) is 10.0 Å². The van der Waals surface area contributed by atoms with Crippen LogP contribution >= 0.6 is 23.2 Å². The normalized spacial score (nSPS) is 30.8. The highest BCUT2D eigenvalue weighted by Crippen LogP contribution is 2.51. The van der Waals surface area contributed by atoms with Crippen molar-refractivity contribution in [3.05, 3.63) is 28.0 Å². The molecule has 1 heterocycles. The van der Waals surface area contributed by atoms with E-state index >= 15 is 0 Å². The number of fused-ring (bicyclic) bond motifs is 2. The van der Waals surface area contributed by atoms with Gasteiger partial charge in [-0.05, 0) is 56.6 Å². The maximum Gasteiger partial charge on any atom is 0.0760 e. The number of pyridine rings is 1. The third-order valence-corrected chi connectivity index (χ3v) is 5.45. The fourth-order valence-corrected chi connectivity index (χ4v) is 4.53. The lowest BCUT2D eigenvalue weighted by atomic mass is 9.83. The van der Waals surface area contributed by atoms with Gasteiger partial charge in [-0.2, -0.15) is 0 Å². The molecule has 2 aliphatic rings. The van der Waals surface area contributed by atoms with Gasteiger partial charge in [0, 0.05) is 6.20 Å². The van der Waals surface area contributed by atoms with Gasteiger partial charge in [-0.25, -0.2) is 0 Å². The van der Waals surface area contributed by atoms with Crippen LogP contribution in [0.1, 0.15) is 43.8 Å². The minimum Gasteiger partial charge on any atom is -0.312 e. The molecule has 0 aromatic carbocycles.